The summed E-state index contributed by atoms with van der Waals surface area (Å²) >= 11 is 0. The van der Waals surface area contributed by atoms with Crippen molar-refractivity contribution in [2.45, 2.75) is 51.2 Å². The van der Waals surface area contributed by atoms with Crippen molar-refractivity contribution in [3.8, 4) is 11.5 Å². The summed E-state index contributed by atoms with van der Waals surface area (Å²) < 4.78 is 28.1. The second kappa shape index (κ2) is 9.89. The van der Waals surface area contributed by atoms with Crippen LogP contribution in [0.5, 0.6) is 11.5 Å². The Hall–Kier alpha value is -2.12. The topological polar surface area (TPSA) is 66.4 Å². The smallest absolute Gasteiger partial charge is 0.157 e. The van der Waals surface area contributed by atoms with E-state index in [1.54, 1.807) is 14.2 Å². The Morgan fingerprint density at radius 1 is 0.857 bits per heavy atom. The molecule has 152 valence electrons. The zero-order valence-corrected chi connectivity index (χ0v) is 16.5. The molecule has 6 heteroatoms. The van der Waals surface area contributed by atoms with Crippen LogP contribution in [0.15, 0.2) is 48.5 Å². The van der Waals surface area contributed by atoms with Crippen LogP contribution in [-0.2, 0) is 27.4 Å². The van der Waals surface area contributed by atoms with Crippen LogP contribution in [0.25, 0.3) is 0 Å². The summed E-state index contributed by atoms with van der Waals surface area (Å²) in [4.78, 5) is 0. The quantitative estimate of drug-likeness (QED) is 0.749. The van der Waals surface area contributed by atoms with E-state index in [1.165, 1.54) is 0 Å². The molecule has 0 amide bonds. The minimum Gasteiger partial charge on any atom is -0.497 e. The van der Waals surface area contributed by atoms with E-state index in [0.29, 0.717) is 19.6 Å². The van der Waals surface area contributed by atoms with Crippen LogP contribution in [0.2, 0.25) is 0 Å². The van der Waals surface area contributed by atoms with Crippen molar-refractivity contribution in [1.82, 2.24) is 0 Å². The van der Waals surface area contributed by atoms with Crippen molar-refractivity contribution in [2.24, 2.45) is 0 Å². The number of ether oxygens (including phenoxy) is 5. The molecule has 0 radical (unpaired) electrons. The van der Waals surface area contributed by atoms with Gasteiger partial charge < -0.3 is 28.8 Å². The highest BCUT2D eigenvalue weighted by molar-refractivity contribution is 5.27. The molecule has 1 aliphatic heterocycles. The molecule has 1 saturated heterocycles. The van der Waals surface area contributed by atoms with Crippen LogP contribution < -0.4 is 9.47 Å². The lowest BCUT2D eigenvalue weighted by Crippen LogP contribution is -2.49. The van der Waals surface area contributed by atoms with Crippen LogP contribution in [0.1, 0.15) is 24.5 Å². The number of methoxy groups -OCH3 is 2. The monoisotopic (exact) mass is 388 g/mol. The zero-order valence-electron chi connectivity index (χ0n) is 16.5. The SMILES string of the molecule is COc1ccc(CO[C@H]2[C@H](C)O[C@@H](O)C[C@H]2OCc2ccc(OC)cc2)cc1. The first-order valence-corrected chi connectivity index (χ1v) is 9.41. The third-order valence-corrected chi connectivity index (χ3v) is 4.86. The van der Waals surface area contributed by atoms with Gasteiger partial charge in [-0.05, 0) is 42.3 Å². The maximum absolute atomic E-state index is 9.99. The van der Waals surface area contributed by atoms with E-state index in [0.717, 1.165) is 22.6 Å². The highest BCUT2D eigenvalue weighted by Crippen LogP contribution is 2.26. The minimum absolute atomic E-state index is 0.265. The van der Waals surface area contributed by atoms with Gasteiger partial charge in [0.1, 0.15) is 17.6 Å². The van der Waals surface area contributed by atoms with Gasteiger partial charge in [-0.15, -0.1) is 0 Å². The summed E-state index contributed by atoms with van der Waals surface area (Å²) in [5.41, 5.74) is 2.07. The van der Waals surface area contributed by atoms with Gasteiger partial charge in [-0.3, -0.25) is 0 Å². The molecular weight excluding hydrogens is 360 g/mol. The van der Waals surface area contributed by atoms with E-state index in [4.69, 9.17) is 23.7 Å². The van der Waals surface area contributed by atoms with Gasteiger partial charge in [-0.2, -0.15) is 0 Å². The number of benzene rings is 2. The van der Waals surface area contributed by atoms with Crippen LogP contribution in [0, 0.1) is 0 Å². The Kier molecular flexibility index (Phi) is 7.28. The number of rotatable bonds is 8. The summed E-state index contributed by atoms with van der Waals surface area (Å²) in [6.45, 7) is 2.75. The van der Waals surface area contributed by atoms with E-state index in [9.17, 15) is 5.11 Å². The fraction of sp³-hybridized carbons (Fsp3) is 0.455. The van der Waals surface area contributed by atoms with E-state index < -0.39 is 6.29 Å². The molecule has 0 spiro atoms. The molecular formula is C22H28O6. The molecule has 1 N–H and O–H groups in total. The summed E-state index contributed by atoms with van der Waals surface area (Å²) in [6, 6.07) is 15.5. The molecule has 3 rings (SSSR count). The van der Waals surface area contributed by atoms with Gasteiger partial charge in [-0.1, -0.05) is 24.3 Å². The molecule has 1 fully saturated rings. The van der Waals surface area contributed by atoms with Crippen LogP contribution in [-0.4, -0.2) is 43.9 Å². The lowest BCUT2D eigenvalue weighted by Gasteiger charge is -2.38. The third-order valence-electron chi connectivity index (χ3n) is 4.86. The fourth-order valence-electron chi connectivity index (χ4n) is 3.26. The molecule has 2 aromatic carbocycles. The normalized spacial score (nSPS) is 24.7. The van der Waals surface area contributed by atoms with Crippen molar-refractivity contribution < 1.29 is 28.8 Å². The van der Waals surface area contributed by atoms with Gasteiger partial charge in [0, 0.05) is 6.42 Å². The van der Waals surface area contributed by atoms with Gasteiger partial charge in [0.15, 0.2) is 6.29 Å². The summed E-state index contributed by atoms with van der Waals surface area (Å²) in [5.74, 6) is 1.61. The highest BCUT2D eigenvalue weighted by Gasteiger charge is 2.37. The second-order valence-electron chi connectivity index (χ2n) is 6.85. The number of aliphatic hydroxyl groups excluding tert-OH is 1. The second-order valence-corrected chi connectivity index (χ2v) is 6.85. The number of aliphatic hydroxyl groups is 1. The first kappa shape index (κ1) is 20.6. The molecule has 6 nitrogen and oxygen atoms in total. The van der Waals surface area contributed by atoms with Crippen LogP contribution in [0.4, 0.5) is 0 Å². The van der Waals surface area contributed by atoms with Gasteiger partial charge >= 0.3 is 0 Å². The molecule has 0 aromatic heterocycles. The predicted molar refractivity (Wildman–Crippen MR) is 104 cm³/mol. The Bertz CT molecular complexity index is 715. The van der Waals surface area contributed by atoms with Crippen molar-refractivity contribution in [2.75, 3.05) is 14.2 Å². The first-order valence-electron chi connectivity index (χ1n) is 9.41. The Labute approximate surface area is 165 Å². The van der Waals surface area contributed by atoms with Gasteiger partial charge in [-0.25, -0.2) is 0 Å². The third kappa shape index (κ3) is 5.45. The van der Waals surface area contributed by atoms with Crippen molar-refractivity contribution >= 4 is 0 Å². The lowest BCUT2D eigenvalue weighted by molar-refractivity contribution is -0.251. The zero-order chi connectivity index (χ0) is 19.9. The van der Waals surface area contributed by atoms with Gasteiger partial charge in [0.2, 0.25) is 0 Å². The summed E-state index contributed by atoms with van der Waals surface area (Å²) in [6.07, 6.45) is -1.30. The van der Waals surface area contributed by atoms with E-state index >= 15 is 0 Å². The number of hydrogen-bond donors (Lipinski definition) is 1. The maximum Gasteiger partial charge on any atom is 0.157 e. The largest absolute Gasteiger partial charge is 0.497 e. The van der Waals surface area contributed by atoms with E-state index in [1.807, 2.05) is 55.5 Å². The lowest BCUT2D eigenvalue weighted by atomic mass is 10.0. The molecule has 0 aliphatic carbocycles. The van der Waals surface area contributed by atoms with Crippen LogP contribution in [0.3, 0.4) is 0 Å². The fourth-order valence-corrected chi connectivity index (χ4v) is 3.26. The van der Waals surface area contributed by atoms with E-state index in [2.05, 4.69) is 0 Å². The molecule has 1 heterocycles. The average molecular weight is 388 g/mol. The standard InChI is InChI=1S/C22H28O6/c1-15-22(27-14-17-6-10-19(25-3)11-7-17)20(12-21(23)28-15)26-13-16-4-8-18(24-2)9-5-16/h4-11,15,20-23H,12-14H2,1-3H3/t15-,20+,21+,22-/m0/s1. The van der Waals surface area contributed by atoms with Crippen molar-refractivity contribution in [3.63, 3.8) is 0 Å². The molecule has 0 unspecified atom stereocenters. The molecule has 0 saturated carbocycles. The Morgan fingerprint density at radius 3 is 1.86 bits per heavy atom. The summed E-state index contributed by atoms with van der Waals surface area (Å²) in [7, 11) is 3.28. The number of hydrogen-bond acceptors (Lipinski definition) is 6. The molecule has 2 aromatic rings. The minimum atomic E-state index is -0.850. The molecule has 0 bridgehead atoms. The van der Waals surface area contributed by atoms with Crippen LogP contribution >= 0.6 is 0 Å². The maximum atomic E-state index is 9.99. The van der Waals surface area contributed by atoms with Gasteiger partial charge in [0.05, 0.1) is 39.6 Å². The average Bonchev–Trinajstić information content (AvgIpc) is 2.72. The Balaban J connectivity index is 1.60. The first-order chi connectivity index (χ1) is 13.6. The summed E-state index contributed by atoms with van der Waals surface area (Å²) in [5, 5.41) is 9.99. The predicted octanol–water partition coefficient (Wildman–Crippen LogP) is 3.30. The van der Waals surface area contributed by atoms with Gasteiger partial charge in [0.25, 0.3) is 0 Å². The van der Waals surface area contributed by atoms with Crippen molar-refractivity contribution in [1.29, 1.82) is 0 Å². The highest BCUT2D eigenvalue weighted by atomic mass is 16.6. The van der Waals surface area contributed by atoms with E-state index in [-0.39, 0.29) is 18.3 Å². The van der Waals surface area contributed by atoms with Crippen molar-refractivity contribution in [3.05, 3.63) is 59.7 Å². The molecule has 4 atom stereocenters. The molecule has 1 aliphatic rings. The molecule has 28 heavy (non-hydrogen) atoms. The Morgan fingerprint density at radius 2 is 1.36 bits per heavy atom.